The van der Waals surface area contributed by atoms with Crippen LogP contribution in [0.1, 0.15) is 30.5 Å². The van der Waals surface area contributed by atoms with Gasteiger partial charge in [0.25, 0.3) is 6.43 Å². The fourth-order valence-electron chi connectivity index (χ4n) is 2.68. The van der Waals surface area contributed by atoms with E-state index in [-0.39, 0.29) is 47.4 Å². The molecule has 1 heterocycles. The standard InChI is InChI=1S/C16H17F3N6O5S2/c17-10-2-1-8(7-9(10)12(18)19)22-13(23-27)11-14(25-30-24-11)31-6-5-21-15(26)16(3-4-16)32(20,28)29/h1-2,7,12,27H,3-6H2,(H,21,26)(H,22,23)(H2,20,28,29). The summed E-state index contributed by atoms with van der Waals surface area (Å²) in [4.78, 5) is 16.0. The fourth-order valence-corrected chi connectivity index (χ4v) is 4.43. The number of hydroxylamine groups is 1. The number of hydrogen-bond acceptors (Lipinski definition) is 9. The zero-order valence-electron chi connectivity index (χ0n) is 16.1. The van der Waals surface area contributed by atoms with Gasteiger partial charge in [-0.2, -0.15) is 0 Å². The molecule has 11 nitrogen and oxygen atoms in total. The Balaban J connectivity index is 1.66. The van der Waals surface area contributed by atoms with Crippen LogP contribution in [-0.2, 0) is 14.8 Å². The summed E-state index contributed by atoms with van der Waals surface area (Å²) >= 11 is 1.02. The van der Waals surface area contributed by atoms with Crippen LogP contribution in [0.5, 0.6) is 0 Å². The van der Waals surface area contributed by atoms with Crippen molar-refractivity contribution in [3.05, 3.63) is 35.3 Å². The third-order valence-corrected chi connectivity index (χ3v) is 7.17. The average Bonchev–Trinajstić information content (AvgIpc) is 3.44. The number of primary sulfonamides is 1. The van der Waals surface area contributed by atoms with Gasteiger partial charge in [-0.3, -0.25) is 15.5 Å². The number of sulfonamides is 1. The molecule has 1 aromatic heterocycles. The van der Waals surface area contributed by atoms with Gasteiger partial charge in [-0.15, -0.1) is 0 Å². The quantitative estimate of drug-likeness (QED) is 0.131. The highest BCUT2D eigenvalue weighted by Gasteiger charge is 2.59. The Morgan fingerprint density at radius 2 is 2.09 bits per heavy atom. The molecule has 1 amide bonds. The number of nitrogens with zero attached hydrogens (tertiary/aromatic N) is 3. The third kappa shape index (κ3) is 5.03. The lowest BCUT2D eigenvalue weighted by Gasteiger charge is -2.12. The maximum Gasteiger partial charge on any atom is 0.266 e. The van der Waals surface area contributed by atoms with Gasteiger partial charge in [0.1, 0.15) is 5.82 Å². The van der Waals surface area contributed by atoms with E-state index < -0.39 is 38.5 Å². The molecule has 3 rings (SSSR count). The number of carbonyl (C=O) groups is 1. The molecule has 1 fully saturated rings. The molecule has 174 valence electrons. The van der Waals surface area contributed by atoms with Crippen molar-refractivity contribution in [3.63, 3.8) is 0 Å². The minimum Gasteiger partial charge on any atom is -0.354 e. The van der Waals surface area contributed by atoms with E-state index in [1.165, 1.54) is 0 Å². The molecule has 0 atom stereocenters. The second-order valence-corrected chi connectivity index (χ2v) is 9.60. The smallest absolute Gasteiger partial charge is 0.266 e. The summed E-state index contributed by atoms with van der Waals surface area (Å²) in [5.74, 6) is -1.90. The number of alkyl halides is 2. The van der Waals surface area contributed by atoms with Crippen molar-refractivity contribution in [1.82, 2.24) is 21.1 Å². The van der Waals surface area contributed by atoms with Crippen LogP contribution in [0, 0.1) is 5.82 Å². The molecule has 32 heavy (non-hydrogen) atoms. The third-order valence-electron chi connectivity index (χ3n) is 4.53. The monoisotopic (exact) mass is 494 g/mol. The average molecular weight is 494 g/mol. The molecular formula is C16H17F3N6O5S2. The number of rotatable bonds is 9. The molecule has 1 aliphatic carbocycles. The molecule has 5 N–H and O–H groups in total. The Morgan fingerprint density at radius 3 is 2.69 bits per heavy atom. The summed E-state index contributed by atoms with van der Waals surface area (Å²) in [6, 6.07) is 2.74. The van der Waals surface area contributed by atoms with E-state index in [2.05, 4.69) is 25.3 Å². The van der Waals surface area contributed by atoms with Gasteiger partial charge in [-0.05, 0) is 41.4 Å². The Bertz CT molecular complexity index is 1140. The molecule has 1 aliphatic rings. The first-order chi connectivity index (χ1) is 15.1. The van der Waals surface area contributed by atoms with E-state index in [4.69, 9.17) is 5.14 Å². The van der Waals surface area contributed by atoms with Crippen molar-refractivity contribution >= 4 is 39.2 Å². The fraction of sp³-hybridized carbons (Fsp3) is 0.375. The first-order valence-electron chi connectivity index (χ1n) is 8.92. The van der Waals surface area contributed by atoms with Crippen LogP contribution in [0.4, 0.5) is 18.9 Å². The maximum absolute atomic E-state index is 13.4. The molecule has 1 saturated carbocycles. The number of amides is 1. The summed E-state index contributed by atoms with van der Waals surface area (Å²) in [6.07, 6.45) is -2.75. The Morgan fingerprint density at radius 1 is 1.38 bits per heavy atom. The van der Waals surface area contributed by atoms with E-state index >= 15 is 0 Å². The molecular weight excluding hydrogens is 477 g/mol. The molecule has 0 spiro atoms. The lowest BCUT2D eigenvalue weighted by molar-refractivity contribution is -0.121. The molecule has 0 unspecified atom stereocenters. The number of carbonyl (C=O) groups excluding carboxylic acids is 1. The number of halogens is 3. The number of nitrogens with two attached hydrogens (primary N) is 1. The van der Waals surface area contributed by atoms with Crippen LogP contribution < -0.4 is 15.9 Å². The van der Waals surface area contributed by atoms with E-state index in [9.17, 15) is 31.6 Å². The highest BCUT2D eigenvalue weighted by molar-refractivity contribution is 7.99. The lowest BCUT2D eigenvalue weighted by atomic mass is 10.2. The van der Waals surface area contributed by atoms with E-state index in [1.54, 1.807) is 5.48 Å². The molecule has 2 aromatic rings. The highest BCUT2D eigenvalue weighted by Crippen LogP contribution is 2.42. The minimum absolute atomic E-state index is 0.0574. The zero-order valence-corrected chi connectivity index (χ0v) is 17.7. The first-order valence-corrected chi connectivity index (χ1v) is 11.4. The molecule has 1 aromatic carbocycles. The van der Waals surface area contributed by atoms with Crippen LogP contribution in [-0.4, -0.2) is 52.7 Å². The minimum atomic E-state index is -4.01. The number of amidine groups is 1. The van der Waals surface area contributed by atoms with Gasteiger partial charge >= 0.3 is 0 Å². The predicted molar refractivity (Wildman–Crippen MR) is 106 cm³/mol. The van der Waals surface area contributed by atoms with E-state index in [0.29, 0.717) is 0 Å². The van der Waals surface area contributed by atoms with Gasteiger partial charge < -0.3 is 5.32 Å². The second kappa shape index (κ2) is 9.43. The Hall–Kier alpha value is -2.69. The molecule has 0 aliphatic heterocycles. The molecule has 0 radical (unpaired) electrons. The van der Waals surface area contributed by atoms with Gasteiger partial charge in [0.2, 0.25) is 15.9 Å². The van der Waals surface area contributed by atoms with Gasteiger partial charge in [0.15, 0.2) is 21.3 Å². The van der Waals surface area contributed by atoms with Gasteiger partial charge in [-0.1, -0.05) is 11.8 Å². The number of thioether (sulfide) groups is 1. The summed E-state index contributed by atoms with van der Waals surface area (Å²) in [5.41, 5.74) is 0.722. The Labute approximate surface area is 183 Å². The number of hydrogen-bond donors (Lipinski definition) is 4. The molecule has 0 saturated heterocycles. The van der Waals surface area contributed by atoms with Crippen LogP contribution in [0.25, 0.3) is 0 Å². The second-order valence-electron chi connectivity index (χ2n) is 6.64. The first kappa shape index (κ1) is 24.0. The normalized spacial score (nSPS) is 15.6. The number of aliphatic imine (C=N–C) groups is 1. The van der Waals surface area contributed by atoms with Crippen LogP contribution in [0.2, 0.25) is 0 Å². The molecule has 0 bridgehead atoms. The highest BCUT2D eigenvalue weighted by atomic mass is 32.2. The largest absolute Gasteiger partial charge is 0.354 e. The van der Waals surface area contributed by atoms with E-state index in [0.717, 1.165) is 30.0 Å². The molecule has 16 heteroatoms. The maximum atomic E-state index is 13.4. The summed E-state index contributed by atoms with van der Waals surface area (Å²) in [6.45, 7) is 0.0574. The number of nitrogens with one attached hydrogen (secondary N) is 2. The zero-order chi connectivity index (χ0) is 23.5. The number of benzene rings is 1. The topological polar surface area (TPSA) is 173 Å². The Kier molecular flexibility index (Phi) is 7.06. The van der Waals surface area contributed by atoms with Crippen molar-refractivity contribution in [2.24, 2.45) is 10.1 Å². The lowest BCUT2D eigenvalue weighted by Crippen LogP contribution is -2.45. The van der Waals surface area contributed by atoms with Crippen molar-refractivity contribution in [3.8, 4) is 0 Å². The van der Waals surface area contributed by atoms with Crippen molar-refractivity contribution in [1.29, 1.82) is 0 Å². The summed E-state index contributed by atoms with van der Waals surface area (Å²) in [7, 11) is -4.01. The van der Waals surface area contributed by atoms with Gasteiger partial charge in [0.05, 0.1) is 11.3 Å². The van der Waals surface area contributed by atoms with Crippen molar-refractivity contribution in [2.75, 3.05) is 12.3 Å². The SMILES string of the molecule is NS(=O)(=O)C1(C(=O)NCCSc2nonc2C(=Nc2ccc(F)c(C(F)F)c2)NO)CC1. The van der Waals surface area contributed by atoms with E-state index in [1.807, 2.05) is 0 Å². The van der Waals surface area contributed by atoms with Crippen LogP contribution in [0.15, 0.2) is 32.8 Å². The van der Waals surface area contributed by atoms with Gasteiger partial charge in [0, 0.05) is 12.3 Å². The van der Waals surface area contributed by atoms with Crippen molar-refractivity contribution in [2.45, 2.75) is 29.0 Å². The van der Waals surface area contributed by atoms with Gasteiger partial charge in [-0.25, -0.2) is 36.3 Å². The van der Waals surface area contributed by atoms with Crippen LogP contribution >= 0.6 is 11.8 Å². The van der Waals surface area contributed by atoms with Crippen molar-refractivity contribution < 1.29 is 36.2 Å². The summed E-state index contributed by atoms with van der Waals surface area (Å²) in [5, 5.41) is 24.3. The number of aromatic nitrogens is 2. The predicted octanol–water partition coefficient (Wildman–Crippen LogP) is 1.23. The van der Waals surface area contributed by atoms with Crippen LogP contribution in [0.3, 0.4) is 0 Å². The summed E-state index contributed by atoms with van der Waals surface area (Å²) < 4.78 is 65.3.